The molecule has 0 unspecified atom stereocenters. The van der Waals surface area contributed by atoms with Gasteiger partial charge >= 0.3 is 0 Å². The second kappa shape index (κ2) is 6.32. The van der Waals surface area contributed by atoms with Crippen molar-refractivity contribution in [1.29, 1.82) is 0 Å². The van der Waals surface area contributed by atoms with Gasteiger partial charge in [-0.25, -0.2) is 4.39 Å². The second-order valence-corrected chi connectivity index (χ2v) is 7.01. The molecule has 3 nitrogen and oxygen atoms in total. The molecule has 5 heteroatoms. The van der Waals surface area contributed by atoms with Crippen molar-refractivity contribution in [2.24, 2.45) is 5.92 Å². The van der Waals surface area contributed by atoms with Gasteiger partial charge in [-0.15, -0.1) is 11.3 Å². The fourth-order valence-corrected chi connectivity index (χ4v) is 4.23. The van der Waals surface area contributed by atoms with Crippen LogP contribution in [0.1, 0.15) is 23.2 Å². The minimum absolute atomic E-state index is 0.0207. The van der Waals surface area contributed by atoms with Crippen molar-refractivity contribution in [2.45, 2.75) is 12.8 Å². The molecule has 2 aromatic heterocycles. The number of anilines is 1. The molecule has 1 saturated heterocycles. The van der Waals surface area contributed by atoms with Gasteiger partial charge in [0.1, 0.15) is 5.82 Å². The summed E-state index contributed by atoms with van der Waals surface area (Å²) >= 11 is 1.71. The molecule has 0 bridgehead atoms. The van der Waals surface area contributed by atoms with Crippen LogP contribution in [0.4, 0.5) is 10.1 Å². The summed E-state index contributed by atoms with van der Waals surface area (Å²) < 4.78 is 14.2. The van der Waals surface area contributed by atoms with E-state index < -0.39 is 0 Å². The maximum atomic E-state index is 13.0. The molecule has 0 radical (unpaired) electrons. The first-order valence-electron chi connectivity index (χ1n) is 8.09. The molecule has 0 saturated carbocycles. The van der Waals surface area contributed by atoms with Gasteiger partial charge in [0.25, 0.3) is 0 Å². The number of thiophene rings is 1. The molecule has 0 amide bonds. The fraction of sp³-hybridized carbons (Fsp3) is 0.263. The van der Waals surface area contributed by atoms with E-state index in [9.17, 15) is 9.18 Å². The average Bonchev–Trinajstić information content (AvgIpc) is 3.11. The van der Waals surface area contributed by atoms with E-state index in [1.807, 2.05) is 12.3 Å². The molecule has 1 aromatic carbocycles. The largest absolute Gasteiger partial charge is 0.370 e. The molecule has 1 aliphatic heterocycles. The van der Waals surface area contributed by atoms with Crippen LogP contribution in [0.5, 0.6) is 0 Å². The topological polar surface area (TPSA) is 33.2 Å². The highest BCUT2D eigenvalue weighted by Gasteiger charge is 2.26. The van der Waals surface area contributed by atoms with E-state index in [-0.39, 0.29) is 17.5 Å². The third kappa shape index (κ3) is 2.80. The number of rotatable bonds is 3. The Morgan fingerprint density at radius 3 is 2.62 bits per heavy atom. The van der Waals surface area contributed by atoms with Gasteiger partial charge in [0.2, 0.25) is 0 Å². The molecule has 1 aliphatic rings. The minimum atomic E-state index is -0.306. The van der Waals surface area contributed by atoms with Crippen LogP contribution < -0.4 is 4.90 Å². The predicted molar refractivity (Wildman–Crippen MR) is 95.3 cm³/mol. The highest BCUT2D eigenvalue weighted by Crippen LogP contribution is 2.33. The van der Waals surface area contributed by atoms with Gasteiger partial charge < -0.3 is 4.90 Å². The highest BCUT2D eigenvalue weighted by atomic mass is 32.1. The lowest BCUT2D eigenvalue weighted by atomic mass is 9.88. The number of benzene rings is 1. The van der Waals surface area contributed by atoms with Crippen LogP contribution in [0.15, 0.2) is 48.0 Å². The molecule has 0 spiro atoms. The van der Waals surface area contributed by atoms with Crippen molar-refractivity contribution in [3.05, 3.63) is 59.4 Å². The number of hydrogen-bond acceptors (Lipinski definition) is 4. The van der Waals surface area contributed by atoms with Crippen LogP contribution in [-0.4, -0.2) is 23.9 Å². The molecule has 1 fully saturated rings. The van der Waals surface area contributed by atoms with Crippen LogP contribution in [0.2, 0.25) is 0 Å². The smallest absolute Gasteiger partial charge is 0.166 e. The number of carbonyl (C=O) groups is 1. The van der Waals surface area contributed by atoms with Gasteiger partial charge in [0.05, 0.1) is 15.9 Å². The lowest BCUT2D eigenvalue weighted by Crippen LogP contribution is -2.36. The molecule has 24 heavy (non-hydrogen) atoms. The number of aromatic nitrogens is 1. The molecule has 122 valence electrons. The fourth-order valence-electron chi connectivity index (χ4n) is 3.34. The second-order valence-electron chi connectivity index (χ2n) is 6.10. The van der Waals surface area contributed by atoms with Crippen molar-refractivity contribution >= 4 is 33.0 Å². The van der Waals surface area contributed by atoms with Crippen molar-refractivity contribution in [1.82, 2.24) is 4.98 Å². The van der Waals surface area contributed by atoms with Crippen molar-refractivity contribution in [3.63, 3.8) is 0 Å². The summed E-state index contributed by atoms with van der Waals surface area (Å²) in [5.41, 5.74) is 2.85. The Kier molecular flexibility index (Phi) is 4.02. The van der Waals surface area contributed by atoms with E-state index in [0.717, 1.165) is 31.4 Å². The molecule has 4 rings (SSSR count). The van der Waals surface area contributed by atoms with E-state index in [4.69, 9.17) is 0 Å². The zero-order chi connectivity index (χ0) is 16.5. The highest BCUT2D eigenvalue weighted by molar-refractivity contribution is 7.17. The van der Waals surface area contributed by atoms with Gasteiger partial charge in [-0.05, 0) is 54.6 Å². The van der Waals surface area contributed by atoms with E-state index in [2.05, 4.69) is 21.3 Å². The maximum Gasteiger partial charge on any atom is 0.166 e. The van der Waals surface area contributed by atoms with Crippen LogP contribution in [0.3, 0.4) is 0 Å². The lowest BCUT2D eigenvalue weighted by Gasteiger charge is -2.33. The standard InChI is InChI=1S/C19H17FN2OS/c20-15-3-1-13(2-4-15)18(23)14-6-10-22(11-7-14)17-5-9-21-16-8-12-24-19(16)17/h1-5,8-9,12,14H,6-7,10-11H2. The Hall–Kier alpha value is -2.27. The molecule has 3 heterocycles. The average molecular weight is 340 g/mol. The van der Waals surface area contributed by atoms with Crippen molar-refractivity contribution < 1.29 is 9.18 Å². The van der Waals surface area contributed by atoms with E-state index in [0.29, 0.717) is 5.56 Å². The van der Waals surface area contributed by atoms with Gasteiger partial charge in [0, 0.05) is 30.8 Å². The summed E-state index contributed by atoms with van der Waals surface area (Å²) in [5.74, 6) is -0.156. The summed E-state index contributed by atoms with van der Waals surface area (Å²) in [6.07, 6.45) is 3.50. The number of Topliss-reactive ketones (excluding diaryl/α,β-unsaturated/α-hetero) is 1. The zero-order valence-electron chi connectivity index (χ0n) is 13.1. The summed E-state index contributed by atoms with van der Waals surface area (Å²) in [4.78, 5) is 19.3. The maximum absolute atomic E-state index is 13.0. The van der Waals surface area contributed by atoms with E-state index in [1.165, 1.54) is 22.5 Å². The number of ketones is 1. The molecule has 0 N–H and O–H groups in total. The summed E-state index contributed by atoms with van der Waals surface area (Å²) in [6, 6.07) is 9.97. The number of nitrogens with zero attached hydrogens (tertiary/aromatic N) is 2. The number of piperidine rings is 1. The summed E-state index contributed by atoms with van der Waals surface area (Å²) in [7, 11) is 0. The van der Waals surface area contributed by atoms with Crippen molar-refractivity contribution in [3.8, 4) is 0 Å². The Bertz CT molecular complexity index is 866. The quantitative estimate of drug-likeness (QED) is 0.657. The first-order chi connectivity index (χ1) is 11.7. The first-order valence-corrected chi connectivity index (χ1v) is 8.97. The van der Waals surface area contributed by atoms with Crippen LogP contribution in [0, 0.1) is 11.7 Å². The first kappa shape index (κ1) is 15.3. The molecule has 0 atom stereocenters. The van der Waals surface area contributed by atoms with Crippen molar-refractivity contribution in [2.75, 3.05) is 18.0 Å². The monoisotopic (exact) mass is 340 g/mol. The normalized spacial score (nSPS) is 15.8. The lowest BCUT2D eigenvalue weighted by molar-refractivity contribution is 0.0900. The molecular weight excluding hydrogens is 323 g/mol. The van der Waals surface area contributed by atoms with Crippen LogP contribution in [-0.2, 0) is 0 Å². The number of halogens is 1. The summed E-state index contributed by atoms with van der Waals surface area (Å²) in [5, 5.41) is 2.06. The van der Waals surface area contributed by atoms with Gasteiger partial charge in [-0.2, -0.15) is 0 Å². The Morgan fingerprint density at radius 2 is 1.88 bits per heavy atom. The van der Waals surface area contributed by atoms with Crippen LogP contribution in [0.25, 0.3) is 10.2 Å². The molecular formula is C19H17FN2OS. The predicted octanol–water partition coefficient (Wildman–Crippen LogP) is 4.53. The van der Waals surface area contributed by atoms with Gasteiger partial charge in [-0.1, -0.05) is 0 Å². The van der Waals surface area contributed by atoms with E-state index in [1.54, 1.807) is 23.5 Å². The minimum Gasteiger partial charge on any atom is -0.370 e. The van der Waals surface area contributed by atoms with E-state index >= 15 is 0 Å². The third-order valence-electron chi connectivity index (χ3n) is 4.66. The third-order valence-corrected chi connectivity index (χ3v) is 5.58. The number of fused-ring (bicyclic) bond motifs is 1. The molecule has 3 aromatic rings. The number of carbonyl (C=O) groups excluding carboxylic acids is 1. The van der Waals surface area contributed by atoms with Gasteiger partial charge in [0.15, 0.2) is 5.78 Å². The summed E-state index contributed by atoms with van der Waals surface area (Å²) in [6.45, 7) is 1.71. The SMILES string of the molecule is O=C(c1ccc(F)cc1)C1CCN(c2ccnc3ccsc23)CC1. The Labute approximate surface area is 143 Å². The van der Waals surface area contributed by atoms with Crippen LogP contribution >= 0.6 is 11.3 Å². The number of hydrogen-bond donors (Lipinski definition) is 0. The Balaban J connectivity index is 1.48. The zero-order valence-corrected chi connectivity index (χ0v) is 13.9. The molecule has 0 aliphatic carbocycles. The number of pyridine rings is 1. The Morgan fingerprint density at radius 1 is 1.12 bits per heavy atom. The van der Waals surface area contributed by atoms with Gasteiger partial charge in [-0.3, -0.25) is 9.78 Å².